The van der Waals surface area contributed by atoms with Gasteiger partial charge in [-0.05, 0) is 0 Å². The minimum Gasteiger partial charge on any atom is -0.748 e. The minimum absolute atomic E-state index is 0. The SMILES string of the molecule is CC[Si](CC)(CC)C(C)S(=O)(=O)[O-].[K+]. The molecule has 6 heteroatoms. The second-order valence-electron chi connectivity index (χ2n) is 3.56. The van der Waals surface area contributed by atoms with Crippen molar-refractivity contribution in [3.05, 3.63) is 0 Å². The van der Waals surface area contributed by atoms with Crippen LogP contribution in [0, 0.1) is 0 Å². The molecule has 1 unspecified atom stereocenters. The van der Waals surface area contributed by atoms with E-state index in [1.165, 1.54) is 0 Å². The fourth-order valence-corrected chi connectivity index (χ4v) is 9.09. The third kappa shape index (κ3) is 4.33. The van der Waals surface area contributed by atoms with Crippen molar-refractivity contribution in [2.24, 2.45) is 0 Å². The number of hydrogen-bond donors (Lipinski definition) is 0. The van der Waals surface area contributed by atoms with Crippen molar-refractivity contribution in [2.45, 2.75) is 50.7 Å². The standard InChI is InChI=1S/C8H20O3SSi.K/c1-5-13(6-2,7-3)8(4)12(9,10)11;/h8H,5-7H2,1-4H3,(H,9,10,11);/q;+1/p-1. The molecule has 0 spiro atoms. The second-order valence-corrected chi connectivity index (χ2v) is 11.4. The van der Waals surface area contributed by atoms with E-state index in [1.54, 1.807) is 6.92 Å². The van der Waals surface area contributed by atoms with Crippen LogP contribution < -0.4 is 51.4 Å². The van der Waals surface area contributed by atoms with E-state index in [-0.39, 0.29) is 51.4 Å². The van der Waals surface area contributed by atoms with E-state index >= 15 is 0 Å². The summed E-state index contributed by atoms with van der Waals surface area (Å²) in [5.41, 5.74) is 0. The van der Waals surface area contributed by atoms with Gasteiger partial charge in [0.05, 0.1) is 18.2 Å². The summed E-state index contributed by atoms with van der Waals surface area (Å²) in [6.07, 6.45) is 0. The largest absolute Gasteiger partial charge is 1.00 e. The van der Waals surface area contributed by atoms with Gasteiger partial charge in [0.15, 0.2) is 0 Å². The molecule has 3 nitrogen and oxygen atoms in total. The second kappa shape index (κ2) is 7.16. The van der Waals surface area contributed by atoms with E-state index in [4.69, 9.17) is 0 Å². The van der Waals surface area contributed by atoms with Crippen LogP contribution in [0.15, 0.2) is 0 Å². The van der Waals surface area contributed by atoms with Crippen LogP contribution >= 0.6 is 0 Å². The summed E-state index contributed by atoms with van der Waals surface area (Å²) >= 11 is 0. The van der Waals surface area contributed by atoms with Crippen LogP contribution in [0.3, 0.4) is 0 Å². The smallest absolute Gasteiger partial charge is 0.748 e. The van der Waals surface area contributed by atoms with E-state index in [2.05, 4.69) is 0 Å². The van der Waals surface area contributed by atoms with E-state index in [1.807, 2.05) is 20.8 Å². The van der Waals surface area contributed by atoms with Gasteiger partial charge in [-0.25, -0.2) is 8.42 Å². The molecule has 80 valence electrons. The van der Waals surface area contributed by atoms with Crippen LogP contribution in [0.2, 0.25) is 18.1 Å². The maximum atomic E-state index is 10.9. The van der Waals surface area contributed by atoms with Gasteiger partial charge >= 0.3 is 51.4 Å². The van der Waals surface area contributed by atoms with Gasteiger partial charge in [-0.15, -0.1) is 0 Å². The quantitative estimate of drug-likeness (QED) is 0.470. The molecule has 0 aliphatic rings. The van der Waals surface area contributed by atoms with Gasteiger partial charge in [0, 0.05) is 4.87 Å². The molecule has 0 aromatic carbocycles. The summed E-state index contributed by atoms with van der Waals surface area (Å²) in [5.74, 6) is 0. The average Bonchev–Trinajstić information content (AvgIpc) is 2.07. The first-order valence-corrected chi connectivity index (χ1v) is 8.95. The van der Waals surface area contributed by atoms with E-state index < -0.39 is 23.1 Å². The topological polar surface area (TPSA) is 57.2 Å². The zero-order chi connectivity index (χ0) is 10.7. The van der Waals surface area contributed by atoms with Gasteiger partial charge in [0.1, 0.15) is 0 Å². The summed E-state index contributed by atoms with van der Waals surface area (Å²) in [6.45, 7) is 7.59. The summed E-state index contributed by atoms with van der Waals surface area (Å²) in [6, 6.07) is 2.63. The van der Waals surface area contributed by atoms with Crippen LogP contribution in [0.25, 0.3) is 0 Å². The average molecular weight is 262 g/mol. The molecule has 0 aromatic rings. The zero-order valence-electron chi connectivity index (χ0n) is 9.83. The Morgan fingerprint density at radius 1 is 1.14 bits per heavy atom. The summed E-state index contributed by atoms with van der Waals surface area (Å²) in [4.78, 5) is -0.639. The molecular formula is C8H19KO3SSi. The number of hydrogen-bond acceptors (Lipinski definition) is 3. The van der Waals surface area contributed by atoms with Gasteiger partial charge < -0.3 is 4.55 Å². The van der Waals surface area contributed by atoms with Crippen LogP contribution in [-0.4, -0.2) is 25.9 Å². The Morgan fingerprint density at radius 2 is 1.43 bits per heavy atom. The van der Waals surface area contributed by atoms with Gasteiger partial charge in [0.25, 0.3) is 0 Å². The van der Waals surface area contributed by atoms with Crippen molar-refractivity contribution in [3.8, 4) is 0 Å². The molecular weight excluding hydrogens is 243 g/mol. The van der Waals surface area contributed by atoms with Crippen molar-refractivity contribution >= 4 is 18.2 Å². The van der Waals surface area contributed by atoms with Crippen molar-refractivity contribution < 1.29 is 64.4 Å². The molecule has 0 bridgehead atoms. The van der Waals surface area contributed by atoms with Crippen molar-refractivity contribution in [1.82, 2.24) is 0 Å². The van der Waals surface area contributed by atoms with Gasteiger partial charge in [0.2, 0.25) is 0 Å². The Bertz CT molecular complexity index is 241. The molecule has 0 aliphatic carbocycles. The Balaban J connectivity index is 0. The Labute approximate surface area is 131 Å². The summed E-state index contributed by atoms with van der Waals surface area (Å²) in [5, 5.41) is 0. The van der Waals surface area contributed by atoms with Crippen molar-refractivity contribution in [1.29, 1.82) is 0 Å². The molecule has 14 heavy (non-hydrogen) atoms. The Kier molecular flexibility index (Phi) is 9.28. The first-order valence-electron chi connectivity index (χ1n) is 4.78. The molecule has 0 rings (SSSR count). The van der Waals surface area contributed by atoms with Crippen LogP contribution in [0.5, 0.6) is 0 Å². The van der Waals surface area contributed by atoms with Crippen molar-refractivity contribution in [3.63, 3.8) is 0 Å². The maximum Gasteiger partial charge on any atom is 1.00 e. The van der Waals surface area contributed by atoms with E-state index in [0.29, 0.717) is 0 Å². The number of rotatable bonds is 5. The van der Waals surface area contributed by atoms with Crippen LogP contribution in [-0.2, 0) is 10.1 Å². The first-order chi connectivity index (χ1) is 5.84. The zero-order valence-corrected chi connectivity index (χ0v) is 14.8. The molecule has 0 N–H and O–H groups in total. The third-order valence-corrected chi connectivity index (χ3v) is 12.6. The molecule has 0 saturated carbocycles. The Morgan fingerprint density at radius 3 is 1.50 bits per heavy atom. The third-order valence-electron chi connectivity index (χ3n) is 3.41. The molecule has 1 atom stereocenters. The van der Waals surface area contributed by atoms with Crippen LogP contribution in [0.1, 0.15) is 27.7 Å². The molecule has 0 heterocycles. The van der Waals surface area contributed by atoms with E-state index in [0.717, 1.165) is 18.1 Å². The normalized spacial score (nSPS) is 14.6. The monoisotopic (exact) mass is 262 g/mol. The van der Waals surface area contributed by atoms with Crippen LogP contribution in [0.4, 0.5) is 0 Å². The molecule has 0 fully saturated rings. The maximum absolute atomic E-state index is 10.9. The predicted octanol–water partition coefficient (Wildman–Crippen LogP) is -1.03. The molecule has 0 aromatic heterocycles. The van der Waals surface area contributed by atoms with Gasteiger partial charge in [-0.1, -0.05) is 45.8 Å². The van der Waals surface area contributed by atoms with E-state index in [9.17, 15) is 13.0 Å². The fourth-order valence-electron chi connectivity index (χ4n) is 1.92. The molecule has 0 radical (unpaired) electrons. The van der Waals surface area contributed by atoms with Gasteiger partial charge in [-0.3, -0.25) is 0 Å². The van der Waals surface area contributed by atoms with Crippen molar-refractivity contribution in [2.75, 3.05) is 0 Å². The Hall–Kier alpha value is 1.76. The predicted molar refractivity (Wildman–Crippen MR) is 56.4 cm³/mol. The first kappa shape index (κ1) is 18.1. The minimum atomic E-state index is -4.09. The molecule has 0 amide bonds. The fraction of sp³-hybridized carbons (Fsp3) is 1.00. The molecule has 0 saturated heterocycles. The summed E-state index contributed by atoms with van der Waals surface area (Å²) < 4.78 is 32.8. The van der Waals surface area contributed by atoms with Gasteiger partial charge in [-0.2, -0.15) is 0 Å². The summed E-state index contributed by atoms with van der Waals surface area (Å²) in [7, 11) is -5.94. The molecule has 0 aliphatic heterocycles.